The monoisotopic (exact) mass is 210 g/mol. The van der Waals surface area contributed by atoms with Gasteiger partial charge in [-0.1, -0.05) is 0 Å². The summed E-state index contributed by atoms with van der Waals surface area (Å²) in [5.74, 6) is -0.316. The molecule has 1 N–H and O–H groups in total. The highest BCUT2D eigenvalue weighted by atomic mass is 19.1. The van der Waals surface area contributed by atoms with Crippen LogP contribution in [-0.2, 0) is 4.74 Å². The standard InChI is InChI=1S/C11H15FN2O/c1-7-5-13-8(2)11(15-7)10-4-3-9(12)6-14-10/h3-4,6-8,11,13H,5H2,1-2H3. The summed E-state index contributed by atoms with van der Waals surface area (Å²) in [6, 6.07) is 3.30. The number of nitrogens with one attached hydrogen (secondary N) is 1. The number of hydrogen-bond acceptors (Lipinski definition) is 3. The molecule has 0 amide bonds. The number of aromatic nitrogens is 1. The normalized spacial score (nSPS) is 31.5. The predicted octanol–water partition coefficient (Wildman–Crippen LogP) is 1.66. The summed E-state index contributed by atoms with van der Waals surface area (Å²) in [5, 5.41) is 3.34. The molecule has 0 radical (unpaired) electrons. The second-order valence-corrected chi connectivity index (χ2v) is 3.97. The second kappa shape index (κ2) is 4.24. The minimum atomic E-state index is -0.316. The zero-order chi connectivity index (χ0) is 10.8. The van der Waals surface area contributed by atoms with E-state index in [9.17, 15) is 4.39 Å². The van der Waals surface area contributed by atoms with E-state index in [2.05, 4.69) is 10.3 Å². The lowest BCUT2D eigenvalue weighted by molar-refractivity contribution is -0.0541. The van der Waals surface area contributed by atoms with Crippen LogP contribution in [0.5, 0.6) is 0 Å². The Bertz CT molecular complexity index is 328. The molecule has 2 rings (SSSR count). The lowest BCUT2D eigenvalue weighted by atomic mass is 10.1. The lowest BCUT2D eigenvalue weighted by Gasteiger charge is -2.33. The van der Waals surface area contributed by atoms with Crippen molar-refractivity contribution < 1.29 is 9.13 Å². The average Bonchev–Trinajstić information content (AvgIpc) is 2.23. The molecular formula is C11H15FN2O. The summed E-state index contributed by atoms with van der Waals surface area (Å²) in [4.78, 5) is 4.05. The maximum Gasteiger partial charge on any atom is 0.141 e. The van der Waals surface area contributed by atoms with Crippen LogP contribution in [0.4, 0.5) is 4.39 Å². The van der Waals surface area contributed by atoms with Gasteiger partial charge in [0.15, 0.2) is 0 Å². The molecule has 1 aliphatic heterocycles. The van der Waals surface area contributed by atoms with Crippen molar-refractivity contribution >= 4 is 0 Å². The molecule has 1 fully saturated rings. The Morgan fingerprint density at radius 3 is 2.93 bits per heavy atom. The van der Waals surface area contributed by atoms with E-state index in [4.69, 9.17) is 4.74 Å². The highest BCUT2D eigenvalue weighted by molar-refractivity contribution is 5.11. The Hall–Kier alpha value is -1.00. The molecule has 15 heavy (non-hydrogen) atoms. The fourth-order valence-corrected chi connectivity index (χ4v) is 1.76. The van der Waals surface area contributed by atoms with Crippen LogP contribution in [0.25, 0.3) is 0 Å². The molecule has 4 heteroatoms. The van der Waals surface area contributed by atoms with Gasteiger partial charge in [0.1, 0.15) is 11.9 Å². The van der Waals surface area contributed by atoms with Gasteiger partial charge < -0.3 is 10.1 Å². The van der Waals surface area contributed by atoms with Gasteiger partial charge in [0.25, 0.3) is 0 Å². The summed E-state index contributed by atoms with van der Waals surface area (Å²) >= 11 is 0. The molecule has 2 heterocycles. The molecule has 0 aromatic carbocycles. The largest absolute Gasteiger partial charge is 0.366 e. The van der Waals surface area contributed by atoms with Crippen LogP contribution < -0.4 is 5.32 Å². The Kier molecular flexibility index (Phi) is 2.98. The molecule has 1 aromatic heterocycles. The quantitative estimate of drug-likeness (QED) is 0.765. The molecule has 1 saturated heterocycles. The fourth-order valence-electron chi connectivity index (χ4n) is 1.76. The molecule has 3 unspecified atom stereocenters. The number of morpholine rings is 1. The molecule has 3 nitrogen and oxygen atoms in total. The molecular weight excluding hydrogens is 195 g/mol. The van der Waals surface area contributed by atoms with Crippen molar-refractivity contribution in [2.75, 3.05) is 6.54 Å². The van der Waals surface area contributed by atoms with Crippen LogP contribution in [-0.4, -0.2) is 23.7 Å². The van der Waals surface area contributed by atoms with E-state index in [0.29, 0.717) is 0 Å². The van der Waals surface area contributed by atoms with Crippen LogP contribution in [0.15, 0.2) is 18.3 Å². The minimum absolute atomic E-state index is 0.0886. The van der Waals surface area contributed by atoms with Crippen molar-refractivity contribution in [3.8, 4) is 0 Å². The molecule has 0 bridgehead atoms. The van der Waals surface area contributed by atoms with E-state index in [1.54, 1.807) is 6.07 Å². The molecule has 0 saturated carbocycles. The summed E-state index contributed by atoms with van der Waals surface area (Å²) in [6.07, 6.45) is 1.30. The fraction of sp³-hybridized carbons (Fsp3) is 0.545. The first-order chi connectivity index (χ1) is 7.16. The van der Waals surface area contributed by atoms with Crippen molar-refractivity contribution in [1.82, 2.24) is 10.3 Å². The summed E-state index contributed by atoms with van der Waals surface area (Å²) in [5.41, 5.74) is 0.781. The van der Waals surface area contributed by atoms with Crippen LogP contribution in [0, 0.1) is 5.82 Å². The van der Waals surface area contributed by atoms with Crippen molar-refractivity contribution in [3.05, 3.63) is 29.8 Å². The van der Waals surface area contributed by atoms with Crippen LogP contribution in [0.3, 0.4) is 0 Å². The van der Waals surface area contributed by atoms with Crippen molar-refractivity contribution in [2.45, 2.75) is 32.1 Å². The van der Waals surface area contributed by atoms with E-state index in [-0.39, 0.29) is 24.1 Å². The zero-order valence-electron chi connectivity index (χ0n) is 8.90. The third-order valence-corrected chi connectivity index (χ3v) is 2.60. The van der Waals surface area contributed by atoms with Gasteiger partial charge in [0.05, 0.1) is 18.0 Å². The number of hydrogen-bond donors (Lipinski definition) is 1. The first-order valence-corrected chi connectivity index (χ1v) is 5.17. The molecule has 82 valence electrons. The number of ether oxygens (including phenoxy) is 1. The minimum Gasteiger partial charge on any atom is -0.366 e. The molecule has 1 aliphatic rings. The Morgan fingerprint density at radius 1 is 1.47 bits per heavy atom. The number of pyridine rings is 1. The number of nitrogens with zero attached hydrogens (tertiary/aromatic N) is 1. The highest BCUT2D eigenvalue weighted by Gasteiger charge is 2.27. The summed E-state index contributed by atoms with van der Waals surface area (Å²) < 4.78 is 18.5. The topological polar surface area (TPSA) is 34.2 Å². The molecule has 1 aromatic rings. The lowest BCUT2D eigenvalue weighted by Crippen LogP contribution is -2.45. The van der Waals surface area contributed by atoms with E-state index in [1.165, 1.54) is 12.3 Å². The zero-order valence-corrected chi connectivity index (χ0v) is 8.90. The molecule has 3 atom stereocenters. The summed E-state index contributed by atoms with van der Waals surface area (Å²) in [6.45, 7) is 4.90. The van der Waals surface area contributed by atoms with Crippen molar-refractivity contribution in [3.63, 3.8) is 0 Å². The number of rotatable bonds is 1. The van der Waals surface area contributed by atoms with Gasteiger partial charge in [-0.3, -0.25) is 4.98 Å². The Balaban J connectivity index is 2.17. The SMILES string of the molecule is CC1CNC(C)C(c2ccc(F)cn2)O1. The van der Waals surface area contributed by atoms with Gasteiger partial charge in [-0.2, -0.15) is 0 Å². The van der Waals surface area contributed by atoms with Crippen molar-refractivity contribution in [2.24, 2.45) is 0 Å². The van der Waals surface area contributed by atoms with E-state index in [1.807, 2.05) is 13.8 Å². The van der Waals surface area contributed by atoms with Gasteiger partial charge in [-0.15, -0.1) is 0 Å². The third kappa shape index (κ3) is 2.33. The van der Waals surface area contributed by atoms with E-state index < -0.39 is 0 Å². The first kappa shape index (κ1) is 10.5. The van der Waals surface area contributed by atoms with Gasteiger partial charge in [0.2, 0.25) is 0 Å². The maximum atomic E-state index is 12.7. The van der Waals surface area contributed by atoms with Crippen LogP contribution >= 0.6 is 0 Å². The maximum absolute atomic E-state index is 12.7. The first-order valence-electron chi connectivity index (χ1n) is 5.17. The highest BCUT2D eigenvalue weighted by Crippen LogP contribution is 2.24. The van der Waals surface area contributed by atoms with Crippen LogP contribution in [0.1, 0.15) is 25.6 Å². The van der Waals surface area contributed by atoms with E-state index in [0.717, 1.165) is 12.2 Å². The molecule has 0 spiro atoms. The van der Waals surface area contributed by atoms with Crippen LogP contribution in [0.2, 0.25) is 0 Å². The van der Waals surface area contributed by atoms with Gasteiger partial charge in [-0.25, -0.2) is 4.39 Å². The Labute approximate surface area is 88.7 Å². The Morgan fingerprint density at radius 2 is 2.27 bits per heavy atom. The van der Waals surface area contributed by atoms with Crippen molar-refractivity contribution in [1.29, 1.82) is 0 Å². The van der Waals surface area contributed by atoms with E-state index >= 15 is 0 Å². The number of halogens is 1. The molecule has 0 aliphatic carbocycles. The smallest absolute Gasteiger partial charge is 0.141 e. The summed E-state index contributed by atoms with van der Waals surface area (Å²) in [7, 11) is 0. The van der Waals surface area contributed by atoms with Gasteiger partial charge >= 0.3 is 0 Å². The van der Waals surface area contributed by atoms with Gasteiger partial charge in [-0.05, 0) is 26.0 Å². The average molecular weight is 210 g/mol. The predicted molar refractivity (Wildman–Crippen MR) is 54.9 cm³/mol. The van der Waals surface area contributed by atoms with Gasteiger partial charge in [0, 0.05) is 12.6 Å². The third-order valence-electron chi connectivity index (χ3n) is 2.60. The second-order valence-electron chi connectivity index (χ2n) is 3.97.